The minimum atomic E-state index is -0.0267. The first kappa shape index (κ1) is 12.9. The van der Waals surface area contributed by atoms with E-state index in [0.29, 0.717) is 12.5 Å². The van der Waals surface area contributed by atoms with Crippen LogP contribution >= 0.6 is 0 Å². The fourth-order valence-electron chi connectivity index (χ4n) is 4.28. The number of carbonyl (C=O) groups is 1. The fraction of sp³-hybridized carbons (Fsp3) is 0.471. The van der Waals surface area contributed by atoms with Crippen LogP contribution in [0.1, 0.15) is 24.0 Å². The second kappa shape index (κ2) is 4.34. The van der Waals surface area contributed by atoms with Crippen LogP contribution in [0.2, 0.25) is 0 Å². The molecule has 1 saturated heterocycles. The topological polar surface area (TPSA) is 38.8 Å². The highest BCUT2D eigenvalue weighted by molar-refractivity contribution is 5.92. The Bertz CT molecular complexity index is 652. The van der Waals surface area contributed by atoms with Crippen molar-refractivity contribution in [1.82, 2.24) is 4.90 Å². The molecule has 3 aliphatic rings. The van der Waals surface area contributed by atoms with E-state index >= 15 is 0 Å². The van der Waals surface area contributed by atoms with Gasteiger partial charge in [0.25, 0.3) is 0 Å². The molecule has 0 amide bonds. The van der Waals surface area contributed by atoms with Gasteiger partial charge in [0.1, 0.15) is 0 Å². The van der Waals surface area contributed by atoms with E-state index in [1.165, 1.54) is 11.1 Å². The van der Waals surface area contributed by atoms with Gasteiger partial charge in [0.05, 0.1) is 14.2 Å². The Morgan fingerprint density at radius 2 is 2.00 bits per heavy atom. The van der Waals surface area contributed by atoms with Crippen LogP contribution in [-0.2, 0) is 16.8 Å². The molecule has 0 aromatic heterocycles. The standard InChI is InChI=1S/C17H19NO3/c1-20-14-7-11-10-18-6-5-17(13(11)9-15(14)21-2)4-3-12(19)8-16(17)18/h3-4,7,9,16H,5-6,8,10H2,1-2H3/t16-,17-/m1/s1. The van der Waals surface area contributed by atoms with Crippen molar-refractivity contribution >= 4 is 5.78 Å². The number of ketones is 1. The Morgan fingerprint density at radius 3 is 2.76 bits per heavy atom. The Labute approximate surface area is 124 Å². The van der Waals surface area contributed by atoms with Crippen LogP contribution in [0.25, 0.3) is 0 Å². The fourth-order valence-corrected chi connectivity index (χ4v) is 4.28. The number of nitrogens with zero attached hydrogens (tertiary/aromatic N) is 1. The Morgan fingerprint density at radius 1 is 1.24 bits per heavy atom. The van der Waals surface area contributed by atoms with E-state index in [1.807, 2.05) is 0 Å². The highest BCUT2D eigenvalue weighted by Crippen LogP contribution is 2.52. The average Bonchev–Trinajstić information content (AvgIpc) is 2.78. The molecule has 0 N–H and O–H groups in total. The minimum absolute atomic E-state index is 0.0267. The van der Waals surface area contributed by atoms with Crippen molar-refractivity contribution in [3.63, 3.8) is 0 Å². The monoisotopic (exact) mass is 285 g/mol. The maximum Gasteiger partial charge on any atom is 0.161 e. The van der Waals surface area contributed by atoms with Crippen molar-refractivity contribution in [2.75, 3.05) is 20.8 Å². The molecule has 0 saturated carbocycles. The maximum atomic E-state index is 11.8. The van der Waals surface area contributed by atoms with Gasteiger partial charge in [-0.05, 0) is 35.8 Å². The SMILES string of the molecule is COc1cc2c(cc1OC)[C@]13C=CC(=O)C[C@H]1N(CC3)C2. The average molecular weight is 285 g/mol. The number of allylic oxidation sites excluding steroid dienone is 1. The summed E-state index contributed by atoms with van der Waals surface area (Å²) in [6.07, 6.45) is 5.60. The molecule has 2 heterocycles. The first-order chi connectivity index (χ1) is 10.2. The predicted molar refractivity (Wildman–Crippen MR) is 78.8 cm³/mol. The van der Waals surface area contributed by atoms with E-state index in [4.69, 9.17) is 9.47 Å². The summed E-state index contributed by atoms with van der Waals surface area (Å²) in [6.45, 7) is 1.94. The van der Waals surface area contributed by atoms with Crippen molar-refractivity contribution in [3.05, 3.63) is 35.4 Å². The molecule has 2 aliphatic heterocycles. The molecule has 0 spiro atoms. The first-order valence-electron chi connectivity index (χ1n) is 7.39. The summed E-state index contributed by atoms with van der Waals surface area (Å²) in [7, 11) is 3.34. The van der Waals surface area contributed by atoms with E-state index in [2.05, 4.69) is 23.1 Å². The Hall–Kier alpha value is -1.81. The van der Waals surface area contributed by atoms with E-state index < -0.39 is 0 Å². The van der Waals surface area contributed by atoms with Gasteiger partial charge in [-0.2, -0.15) is 0 Å². The summed E-state index contributed by atoms with van der Waals surface area (Å²) in [5.74, 6) is 1.80. The molecule has 4 heteroatoms. The van der Waals surface area contributed by atoms with Crippen molar-refractivity contribution in [3.8, 4) is 11.5 Å². The van der Waals surface area contributed by atoms with E-state index in [-0.39, 0.29) is 11.2 Å². The molecule has 3 atom stereocenters. The molecule has 110 valence electrons. The van der Waals surface area contributed by atoms with E-state index in [0.717, 1.165) is 31.0 Å². The maximum absolute atomic E-state index is 11.8. The van der Waals surface area contributed by atoms with Crippen LogP contribution in [0, 0.1) is 0 Å². The second-order valence-electron chi connectivity index (χ2n) is 6.14. The van der Waals surface area contributed by atoms with Crippen LogP contribution in [0.4, 0.5) is 0 Å². The normalized spacial score (nSPS) is 32.6. The largest absolute Gasteiger partial charge is 0.493 e. The summed E-state index contributed by atoms with van der Waals surface area (Å²) in [5, 5.41) is 0. The predicted octanol–water partition coefficient (Wildman–Crippen LogP) is 2.06. The highest BCUT2D eigenvalue weighted by Gasteiger charge is 2.53. The molecular weight excluding hydrogens is 266 g/mol. The van der Waals surface area contributed by atoms with Crippen LogP contribution in [-0.4, -0.2) is 37.5 Å². The van der Waals surface area contributed by atoms with Crippen LogP contribution in [0.5, 0.6) is 11.5 Å². The zero-order valence-corrected chi connectivity index (χ0v) is 12.4. The Balaban J connectivity index is 1.93. The number of methoxy groups -OCH3 is 2. The van der Waals surface area contributed by atoms with E-state index in [9.17, 15) is 4.79 Å². The zero-order valence-electron chi connectivity index (χ0n) is 12.4. The number of benzene rings is 1. The van der Waals surface area contributed by atoms with E-state index in [1.54, 1.807) is 20.3 Å². The smallest absolute Gasteiger partial charge is 0.161 e. The molecule has 4 nitrogen and oxygen atoms in total. The lowest BCUT2D eigenvalue weighted by atomic mass is 9.67. The van der Waals surface area contributed by atoms with Crippen molar-refractivity contribution in [1.29, 1.82) is 0 Å². The van der Waals surface area contributed by atoms with Crippen molar-refractivity contribution < 1.29 is 14.3 Å². The van der Waals surface area contributed by atoms with Gasteiger partial charge in [0.15, 0.2) is 17.3 Å². The van der Waals surface area contributed by atoms with Gasteiger partial charge in [-0.25, -0.2) is 0 Å². The number of fused-ring (bicyclic) bond motifs is 1. The highest BCUT2D eigenvalue weighted by atomic mass is 16.5. The summed E-state index contributed by atoms with van der Waals surface area (Å²) in [5.41, 5.74) is 2.57. The summed E-state index contributed by atoms with van der Waals surface area (Å²) in [6, 6.07) is 4.51. The molecule has 1 aromatic carbocycles. The number of carbonyl (C=O) groups excluding carboxylic acids is 1. The second-order valence-corrected chi connectivity index (χ2v) is 6.14. The summed E-state index contributed by atoms with van der Waals surface area (Å²) < 4.78 is 10.9. The van der Waals surface area contributed by atoms with Gasteiger partial charge < -0.3 is 9.47 Å². The molecule has 1 fully saturated rings. The lowest BCUT2D eigenvalue weighted by molar-refractivity contribution is -0.116. The van der Waals surface area contributed by atoms with Crippen molar-refractivity contribution in [2.45, 2.75) is 30.8 Å². The van der Waals surface area contributed by atoms with Gasteiger partial charge >= 0.3 is 0 Å². The number of rotatable bonds is 2. The van der Waals surface area contributed by atoms with Gasteiger partial charge in [0, 0.05) is 31.0 Å². The van der Waals surface area contributed by atoms with Gasteiger partial charge in [-0.15, -0.1) is 0 Å². The number of hydrogen-bond donors (Lipinski definition) is 0. The third-order valence-electron chi connectivity index (χ3n) is 5.29. The number of hydrogen-bond acceptors (Lipinski definition) is 4. The quantitative estimate of drug-likeness (QED) is 0.834. The molecule has 1 unspecified atom stereocenters. The minimum Gasteiger partial charge on any atom is -0.493 e. The van der Waals surface area contributed by atoms with Crippen LogP contribution < -0.4 is 9.47 Å². The lowest BCUT2D eigenvalue weighted by Crippen LogP contribution is -2.48. The lowest BCUT2D eigenvalue weighted by Gasteiger charge is -2.44. The molecule has 1 aromatic rings. The third-order valence-corrected chi connectivity index (χ3v) is 5.29. The van der Waals surface area contributed by atoms with Crippen LogP contribution in [0.3, 0.4) is 0 Å². The molecule has 1 aliphatic carbocycles. The third kappa shape index (κ3) is 1.62. The van der Waals surface area contributed by atoms with Gasteiger partial charge in [-0.3, -0.25) is 9.69 Å². The Kier molecular flexibility index (Phi) is 2.67. The first-order valence-corrected chi connectivity index (χ1v) is 7.39. The molecule has 0 radical (unpaired) electrons. The molecule has 4 rings (SSSR count). The van der Waals surface area contributed by atoms with Crippen LogP contribution in [0.15, 0.2) is 24.3 Å². The molecular formula is C17H19NO3. The zero-order chi connectivity index (χ0) is 14.6. The van der Waals surface area contributed by atoms with Gasteiger partial charge in [-0.1, -0.05) is 6.08 Å². The molecule has 2 bridgehead atoms. The number of ether oxygens (including phenoxy) is 2. The van der Waals surface area contributed by atoms with Crippen molar-refractivity contribution in [2.24, 2.45) is 0 Å². The van der Waals surface area contributed by atoms with Gasteiger partial charge in [0.2, 0.25) is 0 Å². The summed E-state index contributed by atoms with van der Waals surface area (Å²) >= 11 is 0. The molecule has 21 heavy (non-hydrogen) atoms. The summed E-state index contributed by atoms with van der Waals surface area (Å²) in [4.78, 5) is 14.3.